The van der Waals surface area contributed by atoms with Crippen LogP contribution in [-0.4, -0.2) is 23.9 Å². The van der Waals surface area contributed by atoms with Crippen LogP contribution >= 0.6 is 0 Å². The molecule has 2 saturated heterocycles. The highest BCUT2D eigenvalue weighted by Crippen LogP contribution is 2.53. The maximum Gasteiger partial charge on any atom is 0.119 e. The van der Waals surface area contributed by atoms with Crippen molar-refractivity contribution in [2.24, 2.45) is 5.41 Å². The first-order chi connectivity index (χ1) is 9.69. The Morgan fingerprint density at radius 1 is 1.45 bits per heavy atom. The Kier molecular flexibility index (Phi) is 3.41. The van der Waals surface area contributed by atoms with Crippen LogP contribution in [-0.2, 0) is 4.74 Å². The molecule has 4 atom stereocenters. The Morgan fingerprint density at radius 2 is 2.20 bits per heavy atom. The standard InChI is InChI=1S/C16H19NO3/c1-2-19-12-5-3-11(4-6-12)15(18)16(10-17)9-13-7-8-14(16)20-13/h3-6,13-15,18H,2,7-9H2,1H3. The average molecular weight is 273 g/mol. The van der Waals surface area contributed by atoms with Crippen molar-refractivity contribution in [1.29, 1.82) is 5.26 Å². The van der Waals surface area contributed by atoms with E-state index in [-0.39, 0.29) is 12.2 Å². The number of aliphatic hydroxyl groups excluding tert-OH is 1. The van der Waals surface area contributed by atoms with Gasteiger partial charge in [-0.2, -0.15) is 5.26 Å². The molecular formula is C16H19NO3. The van der Waals surface area contributed by atoms with Gasteiger partial charge in [-0.05, 0) is 43.9 Å². The molecule has 20 heavy (non-hydrogen) atoms. The van der Waals surface area contributed by atoms with Crippen LogP contribution in [0.1, 0.15) is 37.9 Å². The fourth-order valence-corrected chi connectivity index (χ4v) is 3.42. The molecule has 0 saturated carbocycles. The minimum absolute atomic E-state index is 0.136. The summed E-state index contributed by atoms with van der Waals surface area (Å²) in [7, 11) is 0. The molecule has 1 aromatic carbocycles. The first-order valence-corrected chi connectivity index (χ1v) is 7.17. The Balaban J connectivity index is 1.84. The number of aliphatic hydroxyl groups is 1. The van der Waals surface area contributed by atoms with E-state index >= 15 is 0 Å². The molecule has 4 nitrogen and oxygen atoms in total. The van der Waals surface area contributed by atoms with Crippen LogP contribution in [0, 0.1) is 16.7 Å². The molecule has 2 aliphatic heterocycles. The van der Waals surface area contributed by atoms with Gasteiger partial charge in [-0.3, -0.25) is 0 Å². The van der Waals surface area contributed by atoms with Gasteiger partial charge in [0.25, 0.3) is 0 Å². The van der Waals surface area contributed by atoms with E-state index in [1.165, 1.54) is 0 Å². The molecule has 1 aromatic rings. The third-order valence-electron chi connectivity index (χ3n) is 4.45. The Morgan fingerprint density at radius 3 is 2.70 bits per heavy atom. The highest BCUT2D eigenvalue weighted by Gasteiger charge is 2.57. The van der Waals surface area contributed by atoms with Crippen molar-refractivity contribution in [3.8, 4) is 11.8 Å². The van der Waals surface area contributed by atoms with Crippen LogP contribution in [0.3, 0.4) is 0 Å². The van der Waals surface area contributed by atoms with Gasteiger partial charge in [0.15, 0.2) is 0 Å². The van der Waals surface area contributed by atoms with Gasteiger partial charge in [-0.25, -0.2) is 0 Å². The van der Waals surface area contributed by atoms with E-state index in [0.29, 0.717) is 13.0 Å². The number of rotatable bonds is 4. The molecule has 0 amide bonds. The van der Waals surface area contributed by atoms with Gasteiger partial charge in [0, 0.05) is 0 Å². The van der Waals surface area contributed by atoms with Crippen LogP contribution in [0.15, 0.2) is 24.3 Å². The predicted octanol–water partition coefficient (Wildman–Crippen LogP) is 2.58. The van der Waals surface area contributed by atoms with E-state index in [0.717, 1.165) is 24.2 Å². The molecule has 0 aromatic heterocycles. The first kappa shape index (κ1) is 13.4. The second-order valence-electron chi connectivity index (χ2n) is 5.58. The average Bonchev–Trinajstić information content (AvgIpc) is 3.09. The van der Waals surface area contributed by atoms with Crippen molar-refractivity contribution in [2.45, 2.75) is 44.5 Å². The van der Waals surface area contributed by atoms with Crippen molar-refractivity contribution < 1.29 is 14.6 Å². The summed E-state index contributed by atoms with van der Waals surface area (Å²) in [5.41, 5.74) is -0.0399. The molecule has 106 valence electrons. The molecule has 3 rings (SSSR count). The van der Waals surface area contributed by atoms with Crippen molar-refractivity contribution in [1.82, 2.24) is 0 Å². The Hall–Kier alpha value is -1.57. The summed E-state index contributed by atoms with van der Waals surface area (Å²) < 4.78 is 11.2. The van der Waals surface area contributed by atoms with Gasteiger partial charge >= 0.3 is 0 Å². The summed E-state index contributed by atoms with van der Waals surface area (Å²) in [5.74, 6) is 0.777. The molecule has 1 N–H and O–H groups in total. The smallest absolute Gasteiger partial charge is 0.119 e. The second-order valence-corrected chi connectivity index (χ2v) is 5.58. The van der Waals surface area contributed by atoms with E-state index < -0.39 is 11.5 Å². The summed E-state index contributed by atoms with van der Waals surface area (Å²) in [6.07, 6.45) is 1.69. The van der Waals surface area contributed by atoms with Gasteiger partial charge in [-0.15, -0.1) is 0 Å². The molecular weight excluding hydrogens is 254 g/mol. The van der Waals surface area contributed by atoms with Crippen molar-refractivity contribution in [3.05, 3.63) is 29.8 Å². The zero-order valence-corrected chi connectivity index (χ0v) is 11.6. The fraction of sp³-hybridized carbons (Fsp3) is 0.562. The van der Waals surface area contributed by atoms with Crippen LogP contribution < -0.4 is 4.74 Å². The van der Waals surface area contributed by atoms with Crippen molar-refractivity contribution >= 4 is 0 Å². The number of nitriles is 1. The zero-order chi connectivity index (χ0) is 14.2. The summed E-state index contributed by atoms with van der Waals surface area (Å²) in [5, 5.41) is 20.3. The summed E-state index contributed by atoms with van der Waals surface area (Å²) >= 11 is 0. The minimum Gasteiger partial charge on any atom is -0.494 e. The van der Waals surface area contributed by atoms with E-state index in [9.17, 15) is 10.4 Å². The van der Waals surface area contributed by atoms with Crippen LogP contribution in [0.4, 0.5) is 0 Å². The quantitative estimate of drug-likeness (QED) is 0.915. The van der Waals surface area contributed by atoms with Crippen LogP contribution in [0.5, 0.6) is 5.75 Å². The first-order valence-electron chi connectivity index (χ1n) is 7.17. The number of ether oxygens (including phenoxy) is 2. The van der Waals surface area contributed by atoms with Crippen LogP contribution in [0.2, 0.25) is 0 Å². The van der Waals surface area contributed by atoms with Crippen molar-refractivity contribution in [3.63, 3.8) is 0 Å². The zero-order valence-electron chi connectivity index (χ0n) is 11.6. The molecule has 4 heteroatoms. The number of hydrogen-bond acceptors (Lipinski definition) is 4. The summed E-state index contributed by atoms with van der Waals surface area (Å²) in [4.78, 5) is 0. The maximum absolute atomic E-state index is 10.7. The topological polar surface area (TPSA) is 62.5 Å². The summed E-state index contributed by atoms with van der Waals surface area (Å²) in [6, 6.07) is 9.68. The number of hydrogen-bond donors (Lipinski definition) is 1. The Labute approximate surface area is 118 Å². The van der Waals surface area contributed by atoms with Crippen molar-refractivity contribution in [2.75, 3.05) is 6.61 Å². The van der Waals surface area contributed by atoms with Gasteiger partial charge in [0.05, 0.1) is 24.9 Å². The highest BCUT2D eigenvalue weighted by atomic mass is 16.5. The number of fused-ring (bicyclic) bond motifs is 2. The molecule has 4 unspecified atom stereocenters. The second kappa shape index (κ2) is 5.08. The third kappa shape index (κ3) is 1.98. The number of nitrogens with zero attached hydrogens (tertiary/aromatic N) is 1. The lowest BCUT2D eigenvalue weighted by Crippen LogP contribution is -2.37. The lowest BCUT2D eigenvalue weighted by molar-refractivity contribution is 0.00340. The lowest BCUT2D eigenvalue weighted by atomic mass is 9.69. The van der Waals surface area contributed by atoms with E-state index in [1.807, 2.05) is 31.2 Å². The number of benzene rings is 1. The van der Waals surface area contributed by atoms with Gasteiger partial charge in [0.2, 0.25) is 0 Å². The normalized spacial score (nSPS) is 32.9. The SMILES string of the molecule is CCOc1ccc(C(O)C2(C#N)CC3CCC2O3)cc1. The highest BCUT2D eigenvalue weighted by molar-refractivity contribution is 5.32. The van der Waals surface area contributed by atoms with Crippen LogP contribution in [0.25, 0.3) is 0 Å². The molecule has 2 heterocycles. The maximum atomic E-state index is 10.7. The molecule has 0 aliphatic carbocycles. The fourth-order valence-electron chi connectivity index (χ4n) is 3.42. The van der Waals surface area contributed by atoms with E-state index in [2.05, 4.69) is 6.07 Å². The molecule has 0 spiro atoms. The van der Waals surface area contributed by atoms with E-state index in [4.69, 9.17) is 9.47 Å². The largest absolute Gasteiger partial charge is 0.494 e. The van der Waals surface area contributed by atoms with E-state index in [1.54, 1.807) is 0 Å². The predicted molar refractivity (Wildman–Crippen MR) is 73.1 cm³/mol. The lowest BCUT2D eigenvalue weighted by Gasteiger charge is -2.33. The van der Waals surface area contributed by atoms with Gasteiger partial charge in [0.1, 0.15) is 17.3 Å². The molecule has 0 radical (unpaired) electrons. The minimum atomic E-state index is -0.807. The molecule has 2 bridgehead atoms. The Bertz CT molecular complexity index is 522. The van der Waals surface area contributed by atoms with Gasteiger partial charge in [-0.1, -0.05) is 12.1 Å². The third-order valence-corrected chi connectivity index (χ3v) is 4.45. The molecule has 2 aliphatic rings. The van der Waals surface area contributed by atoms with Gasteiger partial charge < -0.3 is 14.6 Å². The monoisotopic (exact) mass is 273 g/mol. The molecule has 2 fully saturated rings. The summed E-state index contributed by atoms with van der Waals surface area (Å²) in [6.45, 7) is 2.54.